The van der Waals surface area contributed by atoms with Crippen molar-refractivity contribution in [1.29, 1.82) is 0 Å². The first-order valence-corrected chi connectivity index (χ1v) is 8.50. The van der Waals surface area contributed by atoms with Crippen LogP contribution in [0.5, 0.6) is 0 Å². The maximum Gasteiger partial charge on any atom is 0.341 e. The van der Waals surface area contributed by atoms with Crippen molar-refractivity contribution in [1.82, 2.24) is 10.3 Å². The van der Waals surface area contributed by atoms with Gasteiger partial charge < -0.3 is 9.52 Å². The number of carboxylic acids is 1. The number of aromatic carboxylic acids is 1. The van der Waals surface area contributed by atoms with Crippen LogP contribution in [0.1, 0.15) is 16.1 Å². The number of nitrogens with zero attached hydrogens (tertiary/aromatic N) is 1. The largest absolute Gasteiger partial charge is 0.477 e. The van der Waals surface area contributed by atoms with E-state index in [4.69, 9.17) is 9.52 Å². The van der Waals surface area contributed by atoms with Gasteiger partial charge in [-0.1, -0.05) is 0 Å². The average Bonchev–Trinajstić information content (AvgIpc) is 3.15. The molecule has 4 rings (SSSR count). The van der Waals surface area contributed by atoms with E-state index in [9.17, 15) is 23.2 Å². The molecule has 0 saturated carbocycles. The van der Waals surface area contributed by atoms with Crippen LogP contribution in [-0.4, -0.2) is 27.2 Å². The molecular formula is C18H8F2N2O5S. The van der Waals surface area contributed by atoms with Gasteiger partial charge in [0.1, 0.15) is 28.5 Å². The van der Waals surface area contributed by atoms with Crippen molar-refractivity contribution in [2.24, 2.45) is 0 Å². The third-order valence-electron chi connectivity index (χ3n) is 3.92. The number of fused-ring (bicyclic) bond motifs is 1. The number of imide groups is 1. The Balaban J connectivity index is 1.83. The fraction of sp³-hybridized carbons (Fsp3) is 0. The van der Waals surface area contributed by atoms with Gasteiger partial charge in [0, 0.05) is 29.4 Å². The van der Waals surface area contributed by atoms with E-state index in [1.54, 1.807) is 6.07 Å². The summed E-state index contributed by atoms with van der Waals surface area (Å²) in [5, 5.41) is 11.0. The lowest BCUT2D eigenvalue weighted by Gasteiger charge is -2.06. The topological polar surface area (TPSA) is 110 Å². The molecule has 2 N–H and O–H groups in total. The Hall–Kier alpha value is -3.53. The van der Waals surface area contributed by atoms with Gasteiger partial charge in [-0.2, -0.15) is 0 Å². The van der Waals surface area contributed by atoms with Crippen LogP contribution in [0.2, 0.25) is 0 Å². The SMILES string of the molecule is O=C1NC(=O)C(=Cc2cc3cncc(-c4cc(F)c(C(=O)O)c(F)c4)c3o2)S1. The van der Waals surface area contributed by atoms with Gasteiger partial charge in [0.2, 0.25) is 0 Å². The van der Waals surface area contributed by atoms with Crippen molar-refractivity contribution in [2.45, 2.75) is 0 Å². The molecular weight excluding hydrogens is 394 g/mol. The summed E-state index contributed by atoms with van der Waals surface area (Å²) in [5.74, 6) is -4.49. The molecule has 1 aliphatic heterocycles. The second kappa shape index (κ2) is 6.57. The monoisotopic (exact) mass is 402 g/mol. The molecule has 1 saturated heterocycles. The maximum absolute atomic E-state index is 14.0. The van der Waals surface area contributed by atoms with Crippen LogP contribution < -0.4 is 5.32 Å². The number of nitrogens with one attached hydrogen (secondary N) is 1. The first kappa shape index (κ1) is 17.9. The van der Waals surface area contributed by atoms with Crippen LogP contribution in [0.25, 0.3) is 28.2 Å². The number of carboxylic acid groups (broad SMARTS) is 1. The highest BCUT2D eigenvalue weighted by Gasteiger charge is 2.26. The molecule has 2 aromatic heterocycles. The van der Waals surface area contributed by atoms with Crippen LogP contribution >= 0.6 is 11.8 Å². The Labute approximate surface area is 159 Å². The molecule has 140 valence electrons. The van der Waals surface area contributed by atoms with Gasteiger partial charge >= 0.3 is 5.97 Å². The molecule has 1 aromatic carbocycles. The van der Waals surface area contributed by atoms with Crippen molar-refractivity contribution in [3.05, 3.63) is 58.5 Å². The Morgan fingerprint density at radius 2 is 1.89 bits per heavy atom. The molecule has 0 bridgehead atoms. The summed E-state index contributed by atoms with van der Waals surface area (Å²) in [4.78, 5) is 38.0. The number of amides is 2. The summed E-state index contributed by atoms with van der Waals surface area (Å²) in [6.07, 6.45) is 4.14. The third kappa shape index (κ3) is 3.03. The average molecular weight is 402 g/mol. The molecule has 0 unspecified atom stereocenters. The molecule has 1 aliphatic rings. The van der Waals surface area contributed by atoms with Gasteiger partial charge in [0.05, 0.1) is 4.91 Å². The van der Waals surface area contributed by atoms with Crippen molar-refractivity contribution >= 4 is 45.9 Å². The van der Waals surface area contributed by atoms with Gasteiger partial charge in [-0.3, -0.25) is 19.9 Å². The van der Waals surface area contributed by atoms with Gasteiger partial charge in [-0.05, 0) is 35.5 Å². The number of hydrogen-bond donors (Lipinski definition) is 2. The van der Waals surface area contributed by atoms with Crippen molar-refractivity contribution in [3.8, 4) is 11.1 Å². The number of furan rings is 1. The van der Waals surface area contributed by atoms with Gasteiger partial charge in [-0.15, -0.1) is 0 Å². The minimum Gasteiger partial charge on any atom is -0.477 e. The summed E-state index contributed by atoms with van der Waals surface area (Å²) in [6.45, 7) is 0. The summed E-state index contributed by atoms with van der Waals surface area (Å²) >= 11 is 0.718. The first-order chi connectivity index (χ1) is 13.3. The molecule has 3 aromatic rings. The summed E-state index contributed by atoms with van der Waals surface area (Å²) < 4.78 is 33.8. The van der Waals surface area contributed by atoms with E-state index >= 15 is 0 Å². The number of carbonyl (C=O) groups excluding carboxylic acids is 2. The number of benzene rings is 1. The number of thioether (sulfide) groups is 1. The highest BCUT2D eigenvalue weighted by atomic mass is 32.2. The lowest BCUT2D eigenvalue weighted by atomic mass is 10.0. The lowest BCUT2D eigenvalue weighted by molar-refractivity contribution is -0.115. The number of hydrogen-bond acceptors (Lipinski definition) is 6. The maximum atomic E-state index is 14.0. The smallest absolute Gasteiger partial charge is 0.341 e. The third-order valence-corrected chi connectivity index (χ3v) is 4.73. The predicted molar refractivity (Wildman–Crippen MR) is 95.4 cm³/mol. The molecule has 3 heterocycles. The number of aromatic nitrogens is 1. The molecule has 0 aliphatic carbocycles. The highest BCUT2D eigenvalue weighted by molar-refractivity contribution is 8.18. The highest BCUT2D eigenvalue weighted by Crippen LogP contribution is 2.34. The molecule has 2 amide bonds. The van der Waals surface area contributed by atoms with E-state index in [0.717, 1.165) is 23.9 Å². The van der Waals surface area contributed by atoms with Crippen LogP contribution in [0, 0.1) is 11.6 Å². The summed E-state index contributed by atoms with van der Waals surface area (Å²) in [6, 6.07) is 3.30. The zero-order valence-corrected chi connectivity index (χ0v) is 14.5. The minimum atomic E-state index is -1.72. The van der Waals surface area contributed by atoms with E-state index < -0.39 is 34.3 Å². The van der Waals surface area contributed by atoms with Gasteiger partial charge in [-0.25, -0.2) is 13.6 Å². The summed E-state index contributed by atoms with van der Waals surface area (Å²) in [5.41, 5.74) is -0.549. The number of carbonyl (C=O) groups is 3. The van der Waals surface area contributed by atoms with Gasteiger partial charge in [0.25, 0.3) is 11.1 Å². The van der Waals surface area contributed by atoms with E-state index in [0.29, 0.717) is 5.39 Å². The fourth-order valence-electron chi connectivity index (χ4n) is 2.74. The Morgan fingerprint density at radius 1 is 1.18 bits per heavy atom. The molecule has 0 radical (unpaired) electrons. The fourth-order valence-corrected chi connectivity index (χ4v) is 3.40. The zero-order chi connectivity index (χ0) is 20.0. The first-order valence-electron chi connectivity index (χ1n) is 7.68. The van der Waals surface area contributed by atoms with Crippen LogP contribution in [0.4, 0.5) is 13.6 Å². The van der Waals surface area contributed by atoms with Gasteiger partial charge in [0.15, 0.2) is 0 Å². The lowest BCUT2D eigenvalue weighted by Crippen LogP contribution is -2.17. The number of rotatable bonds is 3. The quantitative estimate of drug-likeness (QED) is 0.642. The van der Waals surface area contributed by atoms with E-state index in [2.05, 4.69) is 10.3 Å². The summed E-state index contributed by atoms with van der Waals surface area (Å²) in [7, 11) is 0. The molecule has 0 spiro atoms. The van der Waals surface area contributed by atoms with Crippen LogP contribution in [0.3, 0.4) is 0 Å². The van der Waals surface area contributed by atoms with Crippen molar-refractivity contribution in [2.75, 3.05) is 0 Å². The zero-order valence-electron chi connectivity index (χ0n) is 13.7. The van der Waals surface area contributed by atoms with Crippen molar-refractivity contribution in [3.63, 3.8) is 0 Å². The van der Waals surface area contributed by atoms with E-state index in [-0.39, 0.29) is 27.4 Å². The molecule has 28 heavy (non-hydrogen) atoms. The van der Waals surface area contributed by atoms with E-state index in [1.807, 2.05) is 0 Å². The molecule has 1 fully saturated rings. The Bertz CT molecular complexity index is 1190. The Kier molecular flexibility index (Phi) is 4.19. The predicted octanol–water partition coefficient (Wildman–Crippen LogP) is 3.80. The Morgan fingerprint density at radius 3 is 2.50 bits per heavy atom. The van der Waals surface area contributed by atoms with Crippen molar-refractivity contribution < 1.29 is 32.7 Å². The van der Waals surface area contributed by atoms with E-state index in [1.165, 1.54) is 18.5 Å². The van der Waals surface area contributed by atoms with Crippen LogP contribution in [0.15, 0.2) is 39.9 Å². The second-order valence-corrected chi connectivity index (χ2v) is 6.74. The minimum absolute atomic E-state index is 0.0369. The molecule has 0 atom stereocenters. The standard InChI is InChI=1S/C18H8F2N2O5S/c19-11-2-7(3-12(20)14(11)17(24)25)10-6-21-5-8-1-9(27-15(8)10)4-13-16(23)22-18(26)28-13/h1-6H,(H,24,25)(H,22,23,26). The number of halogens is 2. The number of pyridine rings is 1. The van der Waals surface area contributed by atoms with Crippen LogP contribution in [-0.2, 0) is 4.79 Å². The molecule has 10 heteroatoms. The second-order valence-electron chi connectivity index (χ2n) is 5.73. The molecule has 7 nitrogen and oxygen atoms in total. The normalized spacial score (nSPS) is 15.4.